The van der Waals surface area contributed by atoms with Crippen molar-refractivity contribution in [3.63, 3.8) is 0 Å². The van der Waals surface area contributed by atoms with Crippen molar-refractivity contribution in [1.82, 2.24) is 0 Å². The molecule has 0 atom stereocenters. The normalized spacial score (nSPS) is 11.0. The molecular weight excluding hydrogens is 160 g/mol. The molecule has 0 unspecified atom stereocenters. The molecule has 0 fully saturated rings. The summed E-state index contributed by atoms with van der Waals surface area (Å²) in [6.45, 7) is 10.7. The zero-order valence-corrected chi connectivity index (χ0v) is 9.64. The largest absolute Gasteiger partial charge is 0.412 e. The van der Waals surface area contributed by atoms with E-state index in [1.807, 2.05) is 0 Å². The highest BCUT2D eigenvalue weighted by molar-refractivity contribution is 7.44. The van der Waals surface area contributed by atoms with Crippen LogP contribution in [-0.2, 0) is 4.79 Å². The standard InChI is InChI=1S/C6H16OSi2.H2O/c1-6(7)9(4,5)8(2)3;/h8H,1-5H3;1H2. The Kier molecular flexibility index (Phi) is 5.15. The minimum Gasteiger partial charge on any atom is -0.412 e. The Balaban J connectivity index is 0. The quantitative estimate of drug-likeness (QED) is 0.570. The van der Waals surface area contributed by atoms with Gasteiger partial charge < -0.3 is 10.3 Å². The predicted octanol–water partition coefficient (Wildman–Crippen LogP) is 0.563. The molecule has 0 bridgehead atoms. The molecule has 0 saturated heterocycles. The summed E-state index contributed by atoms with van der Waals surface area (Å²) in [6.07, 6.45) is 0. The number of carbonyl (C=O) groups excluding carboxylic acids is 1. The maximum absolute atomic E-state index is 11.0. The molecule has 0 aromatic heterocycles. The average molecular weight is 178 g/mol. The van der Waals surface area contributed by atoms with Gasteiger partial charge in [0.2, 0.25) is 0 Å². The van der Waals surface area contributed by atoms with Gasteiger partial charge in [-0.15, -0.1) is 0 Å². The molecule has 0 heterocycles. The minimum absolute atomic E-state index is 0. The summed E-state index contributed by atoms with van der Waals surface area (Å²) < 4.78 is 0. The smallest absolute Gasteiger partial charge is 0.115 e. The fourth-order valence-electron chi connectivity index (χ4n) is 0.407. The second-order valence-corrected chi connectivity index (χ2v) is 17.7. The molecule has 0 aliphatic rings. The van der Waals surface area contributed by atoms with Crippen LogP contribution in [0.25, 0.3) is 0 Å². The van der Waals surface area contributed by atoms with Crippen LogP contribution in [0.4, 0.5) is 0 Å². The molecule has 0 radical (unpaired) electrons. The molecule has 0 spiro atoms. The summed E-state index contributed by atoms with van der Waals surface area (Å²) in [7, 11) is -2.01. The molecule has 10 heavy (non-hydrogen) atoms. The van der Waals surface area contributed by atoms with Gasteiger partial charge in [0.1, 0.15) is 13.0 Å². The van der Waals surface area contributed by atoms with E-state index in [0.29, 0.717) is 5.41 Å². The summed E-state index contributed by atoms with van der Waals surface area (Å²) in [5, 5.41) is 0.476. The van der Waals surface area contributed by atoms with Gasteiger partial charge in [-0.25, -0.2) is 0 Å². The fourth-order valence-corrected chi connectivity index (χ4v) is 3.66. The molecule has 62 valence electrons. The Hall–Kier alpha value is 0.0638. The summed E-state index contributed by atoms with van der Waals surface area (Å²) in [6, 6.07) is 0. The molecule has 2 nitrogen and oxygen atoms in total. The summed E-state index contributed by atoms with van der Waals surface area (Å²) in [5.41, 5.74) is 0. The number of rotatable bonds is 2. The first-order chi connectivity index (χ1) is 3.89. The SMILES string of the molecule is CC(=O)[Si](C)(C)[SiH](C)C.O. The van der Waals surface area contributed by atoms with Crippen molar-refractivity contribution in [3.05, 3.63) is 0 Å². The molecule has 0 rings (SSSR count). The number of hydrogen-bond acceptors (Lipinski definition) is 1. The Morgan fingerprint density at radius 2 is 1.60 bits per heavy atom. The lowest BCUT2D eigenvalue weighted by Crippen LogP contribution is -2.48. The van der Waals surface area contributed by atoms with Crippen molar-refractivity contribution in [2.45, 2.75) is 33.1 Å². The van der Waals surface area contributed by atoms with Crippen molar-refractivity contribution in [3.8, 4) is 0 Å². The second-order valence-electron chi connectivity index (χ2n) is 3.43. The van der Waals surface area contributed by atoms with Gasteiger partial charge in [-0.3, -0.25) is 0 Å². The molecule has 0 aromatic carbocycles. The molecular formula is C6H18O2Si2. The first-order valence-corrected chi connectivity index (χ1v) is 10.5. The molecule has 2 N–H and O–H groups in total. The van der Waals surface area contributed by atoms with E-state index >= 15 is 0 Å². The van der Waals surface area contributed by atoms with Crippen molar-refractivity contribution < 1.29 is 10.3 Å². The van der Waals surface area contributed by atoms with Crippen molar-refractivity contribution in [2.75, 3.05) is 0 Å². The van der Waals surface area contributed by atoms with Crippen LogP contribution >= 0.6 is 0 Å². The molecule has 0 aliphatic carbocycles. The topological polar surface area (TPSA) is 48.6 Å². The van der Waals surface area contributed by atoms with Gasteiger partial charge in [0, 0.05) is 8.31 Å². The van der Waals surface area contributed by atoms with Crippen LogP contribution < -0.4 is 0 Å². The second kappa shape index (κ2) is 4.05. The Labute approximate surface area is 65.4 Å². The van der Waals surface area contributed by atoms with Crippen LogP contribution in [0.15, 0.2) is 0 Å². The van der Waals surface area contributed by atoms with Gasteiger partial charge >= 0.3 is 0 Å². The lowest BCUT2D eigenvalue weighted by molar-refractivity contribution is -0.110. The van der Waals surface area contributed by atoms with E-state index in [-0.39, 0.29) is 5.48 Å². The van der Waals surface area contributed by atoms with Crippen LogP contribution in [0.1, 0.15) is 6.92 Å². The van der Waals surface area contributed by atoms with Crippen molar-refractivity contribution in [1.29, 1.82) is 0 Å². The highest BCUT2D eigenvalue weighted by atomic mass is 29.2. The maximum Gasteiger partial charge on any atom is 0.115 e. The van der Waals surface area contributed by atoms with Gasteiger partial charge in [-0.05, 0) is 6.92 Å². The Bertz CT molecular complexity index is 121. The average Bonchev–Trinajstić information content (AvgIpc) is 1.65. The molecule has 0 amide bonds. The molecule has 4 heteroatoms. The third-order valence-electron chi connectivity index (χ3n) is 2.35. The lowest BCUT2D eigenvalue weighted by Gasteiger charge is -2.21. The lowest BCUT2D eigenvalue weighted by atomic mass is 10.9. The van der Waals surface area contributed by atoms with Crippen LogP contribution in [0.2, 0.25) is 26.2 Å². The first kappa shape index (κ1) is 12.7. The monoisotopic (exact) mass is 178 g/mol. The first-order valence-electron chi connectivity index (χ1n) is 3.40. The van der Waals surface area contributed by atoms with E-state index in [4.69, 9.17) is 0 Å². The van der Waals surface area contributed by atoms with Crippen LogP contribution in [0, 0.1) is 0 Å². The maximum atomic E-state index is 11.0. The number of hydrogen-bond donors (Lipinski definition) is 0. The van der Waals surface area contributed by atoms with Gasteiger partial charge in [-0.1, -0.05) is 26.2 Å². The summed E-state index contributed by atoms with van der Waals surface area (Å²) in [4.78, 5) is 11.0. The molecule has 0 aromatic rings. The van der Waals surface area contributed by atoms with E-state index in [1.54, 1.807) is 6.92 Å². The van der Waals surface area contributed by atoms with Crippen molar-refractivity contribution in [2.24, 2.45) is 0 Å². The van der Waals surface area contributed by atoms with Crippen LogP contribution in [0.3, 0.4) is 0 Å². The van der Waals surface area contributed by atoms with Gasteiger partial charge in [0.15, 0.2) is 0 Å². The number of carbonyl (C=O) groups is 1. The zero-order chi connectivity index (χ0) is 7.65. The molecule has 0 aliphatic heterocycles. The zero-order valence-electron chi connectivity index (χ0n) is 7.49. The highest BCUT2D eigenvalue weighted by Gasteiger charge is 2.30. The third kappa shape index (κ3) is 2.76. The highest BCUT2D eigenvalue weighted by Crippen LogP contribution is 2.07. The van der Waals surface area contributed by atoms with Gasteiger partial charge in [-0.2, -0.15) is 0 Å². The van der Waals surface area contributed by atoms with Gasteiger partial charge in [0.25, 0.3) is 0 Å². The summed E-state index contributed by atoms with van der Waals surface area (Å²) >= 11 is 0. The predicted molar refractivity (Wildman–Crippen MR) is 50.7 cm³/mol. The van der Waals surface area contributed by atoms with E-state index in [9.17, 15) is 4.79 Å². The van der Waals surface area contributed by atoms with E-state index in [0.717, 1.165) is 0 Å². The van der Waals surface area contributed by atoms with E-state index < -0.39 is 15.9 Å². The summed E-state index contributed by atoms with van der Waals surface area (Å²) in [5.74, 6) is 0. The fraction of sp³-hybridized carbons (Fsp3) is 0.833. The van der Waals surface area contributed by atoms with Crippen molar-refractivity contribution >= 4 is 21.3 Å². The van der Waals surface area contributed by atoms with Crippen LogP contribution in [-0.4, -0.2) is 26.8 Å². The van der Waals surface area contributed by atoms with E-state index in [2.05, 4.69) is 26.2 Å². The Morgan fingerprint density at radius 3 is 1.60 bits per heavy atom. The minimum atomic E-state index is -1.36. The third-order valence-corrected chi connectivity index (χ3v) is 16.9. The van der Waals surface area contributed by atoms with Crippen LogP contribution in [0.5, 0.6) is 0 Å². The Morgan fingerprint density at radius 1 is 1.30 bits per heavy atom. The van der Waals surface area contributed by atoms with E-state index in [1.165, 1.54) is 0 Å². The molecule has 0 saturated carbocycles. The van der Waals surface area contributed by atoms with Gasteiger partial charge in [0.05, 0.1) is 0 Å².